The van der Waals surface area contributed by atoms with Crippen LogP contribution in [0.15, 0.2) is 18.2 Å². The molecule has 0 saturated heterocycles. The van der Waals surface area contributed by atoms with Crippen LogP contribution in [0.1, 0.15) is 76.8 Å². The first-order valence-electron chi connectivity index (χ1n) is 15.4. The molecule has 4 rings (SSSR count). The lowest BCUT2D eigenvalue weighted by Gasteiger charge is -2.40. The minimum absolute atomic E-state index is 0.0297. The largest absolute Gasteiger partial charge is 0.493 e. The third-order valence-electron chi connectivity index (χ3n) is 8.48. The van der Waals surface area contributed by atoms with Crippen LogP contribution in [0.2, 0.25) is 18.1 Å². The monoisotopic (exact) mass is 609 g/mol. The summed E-state index contributed by atoms with van der Waals surface area (Å²) in [5, 5.41) is 6.65. The molecule has 2 N–H and O–H groups in total. The SMILES string of the molecule is CNc1cc(C)nc(Nc2cc3c(c(C4=CCN(C(=O)OC(C)(C)C)CC(O[Si](C)(C)C(C)(C)C)C4)c2C)OCCC3)n1. The van der Waals surface area contributed by atoms with E-state index in [1.165, 1.54) is 0 Å². The fraction of sp³-hybridized carbons (Fsp3) is 0.606. The zero-order chi connectivity index (χ0) is 31.7. The highest BCUT2D eigenvalue weighted by Crippen LogP contribution is 2.44. The summed E-state index contributed by atoms with van der Waals surface area (Å²) in [7, 11) is -0.293. The molecule has 0 saturated carbocycles. The highest BCUT2D eigenvalue weighted by atomic mass is 28.4. The number of carbonyl (C=O) groups excluding carboxylic acids is 1. The highest BCUT2D eigenvalue weighted by Gasteiger charge is 2.41. The van der Waals surface area contributed by atoms with E-state index < -0.39 is 13.9 Å². The fourth-order valence-corrected chi connectivity index (χ4v) is 6.62. The van der Waals surface area contributed by atoms with Gasteiger partial charge in [-0.2, -0.15) is 4.98 Å². The quantitative estimate of drug-likeness (QED) is 0.323. The van der Waals surface area contributed by atoms with Gasteiger partial charge in [0.25, 0.3) is 0 Å². The lowest BCUT2D eigenvalue weighted by molar-refractivity contribution is 0.0196. The Balaban J connectivity index is 1.79. The van der Waals surface area contributed by atoms with E-state index in [1.54, 1.807) is 4.90 Å². The van der Waals surface area contributed by atoms with Crippen molar-refractivity contribution in [1.29, 1.82) is 0 Å². The van der Waals surface area contributed by atoms with Crippen LogP contribution in [0.4, 0.5) is 22.2 Å². The average Bonchev–Trinajstić information content (AvgIpc) is 3.09. The van der Waals surface area contributed by atoms with Crippen LogP contribution in [0.5, 0.6) is 5.75 Å². The summed E-state index contributed by atoms with van der Waals surface area (Å²) in [6, 6.07) is 4.09. The Bertz CT molecular complexity index is 1380. The Morgan fingerprint density at radius 1 is 1.12 bits per heavy atom. The van der Waals surface area contributed by atoms with Gasteiger partial charge in [-0.25, -0.2) is 9.78 Å². The topological polar surface area (TPSA) is 97.8 Å². The Kier molecular flexibility index (Phi) is 9.52. The number of hydrogen-bond donors (Lipinski definition) is 2. The number of amides is 1. The molecule has 0 radical (unpaired) electrons. The summed E-state index contributed by atoms with van der Waals surface area (Å²) in [6.45, 7) is 22.6. The van der Waals surface area contributed by atoms with Crippen LogP contribution in [-0.2, 0) is 15.6 Å². The summed E-state index contributed by atoms with van der Waals surface area (Å²) >= 11 is 0. The van der Waals surface area contributed by atoms with Crippen LogP contribution in [0, 0.1) is 13.8 Å². The molecule has 1 unspecified atom stereocenters. The molecule has 2 aromatic rings. The van der Waals surface area contributed by atoms with Crippen LogP contribution in [0.3, 0.4) is 0 Å². The number of hydrogen-bond acceptors (Lipinski definition) is 8. The number of aromatic nitrogens is 2. The summed E-state index contributed by atoms with van der Waals surface area (Å²) < 4.78 is 19.2. The molecule has 1 amide bonds. The number of rotatable bonds is 6. The smallest absolute Gasteiger partial charge is 0.410 e. The van der Waals surface area contributed by atoms with Gasteiger partial charge >= 0.3 is 6.09 Å². The zero-order valence-electron chi connectivity index (χ0n) is 28.0. The predicted octanol–water partition coefficient (Wildman–Crippen LogP) is 7.62. The molecule has 0 fully saturated rings. The summed E-state index contributed by atoms with van der Waals surface area (Å²) in [5.41, 5.74) is 5.64. The van der Waals surface area contributed by atoms with Crippen LogP contribution in [0.25, 0.3) is 5.57 Å². The molecule has 3 heterocycles. The van der Waals surface area contributed by atoms with Gasteiger partial charge in [-0.1, -0.05) is 26.8 Å². The van der Waals surface area contributed by atoms with Crippen LogP contribution >= 0.6 is 0 Å². The van der Waals surface area contributed by atoms with Gasteiger partial charge in [-0.3, -0.25) is 0 Å². The van der Waals surface area contributed by atoms with E-state index in [2.05, 4.69) is 73.5 Å². The number of aryl methyl sites for hydroxylation is 2. The molecule has 0 spiro atoms. The molecular weight excluding hydrogens is 558 g/mol. The van der Waals surface area contributed by atoms with Crippen molar-refractivity contribution >= 4 is 37.4 Å². The van der Waals surface area contributed by atoms with Crippen LogP contribution in [-0.4, -0.2) is 67.7 Å². The Hall–Kier alpha value is -3.11. The molecule has 1 aromatic carbocycles. The molecule has 0 aliphatic carbocycles. The number of benzene rings is 1. The van der Waals surface area contributed by atoms with Crippen molar-refractivity contribution in [1.82, 2.24) is 14.9 Å². The average molecular weight is 610 g/mol. The second kappa shape index (κ2) is 12.5. The maximum absolute atomic E-state index is 13.3. The van der Waals surface area contributed by atoms with E-state index in [0.717, 1.165) is 58.1 Å². The van der Waals surface area contributed by atoms with E-state index in [0.29, 0.717) is 32.1 Å². The second-order valence-electron chi connectivity index (χ2n) is 14.3. The number of ether oxygens (including phenoxy) is 2. The van der Waals surface area contributed by atoms with Crippen molar-refractivity contribution in [2.45, 2.75) is 104 Å². The van der Waals surface area contributed by atoms with Gasteiger partial charge < -0.3 is 29.4 Å². The zero-order valence-corrected chi connectivity index (χ0v) is 29.0. The van der Waals surface area contributed by atoms with E-state index >= 15 is 0 Å². The van der Waals surface area contributed by atoms with Gasteiger partial charge in [0.15, 0.2) is 8.32 Å². The van der Waals surface area contributed by atoms with Gasteiger partial charge in [-0.05, 0) is 94.8 Å². The van der Waals surface area contributed by atoms with Gasteiger partial charge in [0.2, 0.25) is 5.95 Å². The number of anilines is 3. The number of nitrogens with zero attached hydrogens (tertiary/aromatic N) is 3. The lowest BCUT2D eigenvalue weighted by Crippen LogP contribution is -2.48. The molecule has 43 heavy (non-hydrogen) atoms. The minimum atomic E-state index is -2.15. The fourth-order valence-electron chi connectivity index (χ4n) is 5.28. The molecular formula is C33H51N5O4Si. The van der Waals surface area contributed by atoms with E-state index in [4.69, 9.17) is 13.9 Å². The highest BCUT2D eigenvalue weighted by molar-refractivity contribution is 6.74. The first-order chi connectivity index (χ1) is 20.0. The molecule has 236 valence electrons. The van der Waals surface area contributed by atoms with Crippen molar-refractivity contribution < 1.29 is 18.7 Å². The minimum Gasteiger partial charge on any atom is -0.493 e. The molecule has 2 aliphatic rings. The maximum Gasteiger partial charge on any atom is 0.410 e. The molecule has 1 aromatic heterocycles. The molecule has 9 nitrogen and oxygen atoms in total. The molecule has 1 atom stereocenters. The van der Waals surface area contributed by atoms with Gasteiger partial charge in [0.1, 0.15) is 17.2 Å². The summed E-state index contributed by atoms with van der Waals surface area (Å²) in [5.74, 6) is 2.23. The van der Waals surface area contributed by atoms with Crippen molar-refractivity contribution in [3.05, 3.63) is 40.6 Å². The lowest BCUT2D eigenvalue weighted by atomic mass is 9.89. The Labute approximate surface area is 258 Å². The van der Waals surface area contributed by atoms with Crippen molar-refractivity contribution in [2.75, 3.05) is 37.4 Å². The molecule has 2 aliphatic heterocycles. The number of nitrogens with one attached hydrogen (secondary N) is 2. The Morgan fingerprint density at radius 2 is 1.84 bits per heavy atom. The Morgan fingerprint density at radius 3 is 2.49 bits per heavy atom. The van der Waals surface area contributed by atoms with Gasteiger partial charge in [0.05, 0.1) is 12.7 Å². The second-order valence-corrected chi connectivity index (χ2v) is 19.0. The standard InChI is InChI=1S/C33H51N5O4Si/c1-21-17-27(34-9)37-30(35-21)36-26-19-24-13-12-16-40-29(24)28(22(26)2)23-14-15-38(31(39)41-32(3,4)5)20-25(18-23)42-43(10,11)33(6,7)8/h14,17,19,25H,12-13,15-16,18,20H2,1-11H3,(H2,34,35,36,37). The number of carbonyl (C=O) groups is 1. The maximum atomic E-state index is 13.3. The predicted molar refractivity (Wildman–Crippen MR) is 177 cm³/mol. The first-order valence-corrected chi connectivity index (χ1v) is 18.3. The third kappa shape index (κ3) is 7.89. The van der Waals surface area contributed by atoms with E-state index in [-0.39, 0.29) is 17.2 Å². The van der Waals surface area contributed by atoms with E-state index in [9.17, 15) is 4.79 Å². The summed E-state index contributed by atoms with van der Waals surface area (Å²) in [6.07, 6.45) is 4.20. The number of fused-ring (bicyclic) bond motifs is 1. The molecule has 10 heteroatoms. The van der Waals surface area contributed by atoms with Gasteiger partial charge in [0, 0.05) is 43.1 Å². The van der Waals surface area contributed by atoms with E-state index in [1.807, 2.05) is 40.8 Å². The third-order valence-corrected chi connectivity index (χ3v) is 13.0. The van der Waals surface area contributed by atoms with Crippen molar-refractivity contribution in [3.63, 3.8) is 0 Å². The normalized spacial score (nSPS) is 17.8. The molecule has 0 bridgehead atoms. The van der Waals surface area contributed by atoms with Gasteiger partial charge in [-0.15, -0.1) is 0 Å². The van der Waals surface area contributed by atoms with Crippen LogP contribution < -0.4 is 15.4 Å². The first kappa shape index (κ1) is 32.8. The summed E-state index contributed by atoms with van der Waals surface area (Å²) in [4.78, 5) is 24.4. The van der Waals surface area contributed by atoms with Crippen molar-refractivity contribution in [2.24, 2.45) is 0 Å². The van der Waals surface area contributed by atoms with Crippen molar-refractivity contribution in [3.8, 4) is 5.75 Å².